The van der Waals surface area contributed by atoms with Gasteiger partial charge in [0, 0.05) is 16.2 Å². The predicted octanol–water partition coefficient (Wildman–Crippen LogP) is 2.08. The third-order valence-corrected chi connectivity index (χ3v) is 2.37. The molecule has 72 valence electrons. The highest BCUT2D eigenvalue weighted by Crippen LogP contribution is 2.18. The Morgan fingerprint density at radius 2 is 2.31 bits per heavy atom. The standard InChI is InChI=1S/C9H11FINO/c1-13-5-9(12)7-4-6(11)2-3-8(7)10/h2-4,9H,5,12H2,1H3/t9-/m1/s1. The lowest BCUT2D eigenvalue weighted by atomic mass is 10.1. The van der Waals surface area contributed by atoms with Crippen LogP contribution in [0.15, 0.2) is 18.2 Å². The van der Waals surface area contributed by atoms with Gasteiger partial charge in [-0.1, -0.05) is 0 Å². The topological polar surface area (TPSA) is 35.2 Å². The number of hydrogen-bond acceptors (Lipinski definition) is 2. The van der Waals surface area contributed by atoms with Crippen molar-refractivity contribution in [2.75, 3.05) is 13.7 Å². The SMILES string of the molecule is COC[C@@H](N)c1cc(I)ccc1F. The highest BCUT2D eigenvalue weighted by Gasteiger charge is 2.10. The van der Waals surface area contributed by atoms with Crippen LogP contribution in [0.4, 0.5) is 4.39 Å². The Bertz CT molecular complexity index is 293. The maximum Gasteiger partial charge on any atom is 0.128 e. The Hall–Kier alpha value is -0.200. The Morgan fingerprint density at radius 1 is 1.62 bits per heavy atom. The van der Waals surface area contributed by atoms with Gasteiger partial charge in [0.15, 0.2) is 0 Å². The first-order valence-corrected chi connectivity index (χ1v) is 4.92. The van der Waals surface area contributed by atoms with Gasteiger partial charge in [-0.3, -0.25) is 0 Å². The van der Waals surface area contributed by atoms with Crippen LogP contribution in [0.5, 0.6) is 0 Å². The summed E-state index contributed by atoms with van der Waals surface area (Å²) in [5.41, 5.74) is 6.22. The molecular formula is C9H11FINO. The molecule has 0 spiro atoms. The molecule has 0 heterocycles. The minimum atomic E-state index is -0.389. The first-order valence-electron chi connectivity index (χ1n) is 3.84. The van der Waals surface area contributed by atoms with Gasteiger partial charge in [-0.25, -0.2) is 4.39 Å². The van der Waals surface area contributed by atoms with Crippen LogP contribution in [0, 0.1) is 9.39 Å². The average Bonchev–Trinajstić information content (AvgIpc) is 2.09. The van der Waals surface area contributed by atoms with Crippen molar-refractivity contribution in [1.82, 2.24) is 0 Å². The smallest absolute Gasteiger partial charge is 0.128 e. The third kappa shape index (κ3) is 2.89. The van der Waals surface area contributed by atoms with Crippen molar-refractivity contribution in [2.24, 2.45) is 5.73 Å². The summed E-state index contributed by atoms with van der Waals surface area (Å²) in [4.78, 5) is 0. The lowest BCUT2D eigenvalue weighted by Gasteiger charge is -2.11. The third-order valence-electron chi connectivity index (χ3n) is 1.70. The molecule has 2 nitrogen and oxygen atoms in total. The largest absolute Gasteiger partial charge is 0.383 e. The number of nitrogens with two attached hydrogens (primary N) is 1. The van der Waals surface area contributed by atoms with E-state index in [1.165, 1.54) is 6.07 Å². The average molecular weight is 295 g/mol. The molecule has 0 unspecified atom stereocenters. The Morgan fingerprint density at radius 3 is 2.92 bits per heavy atom. The van der Waals surface area contributed by atoms with Crippen LogP contribution in [0.1, 0.15) is 11.6 Å². The van der Waals surface area contributed by atoms with Gasteiger partial charge in [-0.15, -0.1) is 0 Å². The minimum absolute atomic E-state index is 0.273. The zero-order valence-electron chi connectivity index (χ0n) is 7.26. The van der Waals surface area contributed by atoms with Gasteiger partial charge in [0.25, 0.3) is 0 Å². The van der Waals surface area contributed by atoms with E-state index in [0.29, 0.717) is 12.2 Å². The Balaban J connectivity index is 2.91. The Labute approximate surface area is 90.4 Å². The van der Waals surface area contributed by atoms with E-state index in [-0.39, 0.29) is 11.9 Å². The van der Waals surface area contributed by atoms with E-state index in [0.717, 1.165) is 3.57 Å². The molecule has 0 radical (unpaired) electrons. The summed E-state index contributed by atoms with van der Waals surface area (Å²) >= 11 is 2.12. The van der Waals surface area contributed by atoms with E-state index < -0.39 is 0 Å². The second kappa shape index (κ2) is 4.88. The number of methoxy groups -OCH3 is 1. The van der Waals surface area contributed by atoms with Crippen molar-refractivity contribution in [3.05, 3.63) is 33.1 Å². The number of hydrogen-bond donors (Lipinski definition) is 1. The van der Waals surface area contributed by atoms with Crippen LogP contribution >= 0.6 is 22.6 Å². The van der Waals surface area contributed by atoms with Gasteiger partial charge < -0.3 is 10.5 Å². The summed E-state index contributed by atoms with van der Waals surface area (Å²) < 4.78 is 19.0. The quantitative estimate of drug-likeness (QED) is 0.867. The van der Waals surface area contributed by atoms with Gasteiger partial charge in [0.2, 0.25) is 0 Å². The molecule has 2 N–H and O–H groups in total. The Kier molecular flexibility index (Phi) is 4.08. The lowest BCUT2D eigenvalue weighted by molar-refractivity contribution is 0.179. The number of ether oxygens (including phenoxy) is 1. The second-order valence-electron chi connectivity index (χ2n) is 2.73. The molecule has 0 fully saturated rings. The van der Waals surface area contributed by atoms with E-state index in [9.17, 15) is 4.39 Å². The number of benzene rings is 1. The number of halogens is 2. The maximum absolute atomic E-state index is 13.2. The lowest BCUT2D eigenvalue weighted by Crippen LogP contribution is -2.17. The zero-order chi connectivity index (χ0) is 9.84. The molecule has 0 saturated heterocycles. The predicted molar refractivity (Wildman–Crippen MR) is 57.9 cm³/mol. The fraction of sp³-hybridized carbons (Fsp3) is 0.333. The molecule has 0 bridgehead atoms. The minimum Gasteiger partial charge on any atom is -0.383 e. The number of rotatable bonds is 3. The maximum atomic E-state index is 13.2. The van der Waals surface area contributed by atoms with Gasteiger partial charge in [-0.2, -0.15) is 0 Å². The van der Waals surface area contributed by atoms with Gasteiger partial charge in [0.1, 0.15) is 5.82 Å². The molecule has 1 aromatic rings. The zero-order valence-corrected chi connectivity index (χ0v) is 9.42. The van der Waals surface area contributed by atoms with Crippen molar-refractivity contribution >= 4 is 22.6 Å². The molecule has 0 saturated carbocycles. The van der Waals surface area contributed by atoms with Crippen LogP contribution in [-0.2, 0) is 4.74 Å². The van der Waals surface area contributed by atoms with Crippen LogP contribution in [0.25, 0.3) is 0 Å². The summed E-state index contributed by atoms with van der Waals surface area (Å²) in [6.45, 7) is 0.330. The first kappa shape index (κ1) is 10.9. The molecule has 1 atom stereocenters. The molecular weight excluding hydrogens is 284 g/mol. The summed E-state index contributed by atoms with van der Waals surface area (Å²) in [7, 11) is 1.55. The molecule has 13 heavy (non-hydrogen) atoms. The summed E-state index contributed by atoms with van der Waals surface area (Å²) in [6, 6.07) is 4.48. The van der Waals surface area contributed by atoms with Crippen molar-refractivity contribution in [3.8, 4) is 0 Å². The van der Waals surface area contributed by atoms with Crippen LogP contribution < -0.4 is 5.73 Å². The molecule has 0 aliphatic heterocycles. The van der Waals surface area contributed by atoms with Gasteiger partial charge in [0.05, 0.1) is 12.6 Å². The molecule has 0 aliphatic carbocycles. The van der Waals surface area contributed by atoms with Crippen molar-refractivity contribution in [2.45, 2.75) is 6.04 Å². The summed E-state index contributed by atoms with van der Waals surface area (Å²) in [5.74, 6) is -0.273. The van der Waals surface area contributed by atoms with Gasteiger partial charge >= 0.3 is 0 Å². The highest BCUT2D eigenvalue weighted by atomic mass is 127. The second-order valence-corrected chi connectivity index (χ2v) is 3.97. The molecule has 0 aliphatic rings. The van der Waals surface area contributed by atoms with E-state index in [4.69, 9.17) is 10.5 Å². The van der Waals surface area contributed by atoms with E-state index in [2.05, 4.69) is 22.6 Å². The molecule has 4 heteroatoms. The van der Waals surface area contributed by atoms with E-state index in [1.807, 2.05) is 0 Å². The monoisotopic (exact) mass is 295 g/mol. The first-order chi connectivity index (χ1) is 6.15. The molecule has 1 aromatic carbocycles. The highest BCUT2D eigenvalue weighted by molar-refractivity contribution is 14.1. The van der Waals surface area contributed by atoms with Crippen molar-refractivity contribution in [1.29, 1.82) is 0 Å². The summed E-state index contributed by atoms with van der Waals surface area (Å²) in [5, 5.41) is 0. The fourth-order valence-electron chi connectivity index (χ4n) is 1.07. The van der Waals surface area contributed by atoms with E-state index in [1.54, 1.807) is 19.2 Å². The molecule has 1 rings (SSSR count). The normalized spacial score (nSPS) is 12.9. The van der Waals surface area contributed by atoms with Crippen LogP contribution in [-0.4, -0.2) is 13.7 Å². The fourth-order valence-corrected chi connectivity index (χ4v) is 1.58. The van der Waals surface area contributed by atoms with E-state index >= 15 is 0 Å². The molecule has 0 aromatic heterocycles. The van der Waals surface area contributed by atoms with Crippen LogP contribution in [0.3, 0.4) is 0 Å². The van der Waals surface area contributed by atoms with Gasteiger partial charge in [-0.05, 0) is 40.8 Å². The van der Waals surface area contributed by atoms with Crippen molar-refractivity contribution in [3.63, 3.8) is 0 Å². The molecule has 0 amide bonds. The van der Waals surface area contributed by atoms with Crippen molar-refractivity contribution < 1.29 is 9.13 Å². The van der Waals surface area contributed by atoms with Crippen LogP contribution in [0.2, 0.25) is 0 Å². The summed E-state index contributed by atoms with van der Waals surface area (Å²) in [6.07, 6.45) is 0.